The van der Waals surface area contributed by atoms with Crippen molar-refractivity contribution >= 4 is 24.9 Å². The molecule has 0 aliphatic carbocycles. The van der Waals surface area contributed by atoms with E-state index in [-0.39, 0.29) is 18.6 Å². The summed E-state index contributed by atoms with van der Waals surface area (Å²) in [5.74, 6) is -0.697. The number of ether oxygens (including phenoxy) is 1. The van der Waals surface area contributed by atoms with Crippen LogP contribution in [0.5, 0.6) is 0 Å². The summed E-state index contributed by atoms with van der Waals surface area (Å²) in [4.78, 5) is 30.8. The Kier molecular flexibility index (Phi) is 4.69. The van der Waals surface area contributed by atoms with E-state index in [1.807, 2.05) is 18.2 Å². The first-order chi connectivity index (χ1) is 15.1. The summed E-state index contributed by atoms with van der Waals surface area (Å²) >= 11 is 0. The summed E-state index contributed by atoms with van der Waals surface area (Å²) < 4.78 is 6.90. The fraction of sp³-hybridized carbons (Fsp3) is 0.400. The van der Waals surface area contributed by atoms with Crippen LogP contribution in [0.3, 0.4) is 0 Å². The molecule has 2 aromatic heterocycles. The van der Waals surface area contributed by atoms with Crippen LogP contribution in [-0.4, -0.2) is 28.7 Å². The van der Waals surface area contributed by atoms with Crippen molar-refractivity contribution in [2.24, 2.45) is 0 Å². The van der Waals surface area contributed by atoms with Gasteiger partial charge in [0.25, 0.3) is 5.56 Å². The molecule has 1 atom stereocenters. The molecule has 0 radical (unpaired) electrons. The van der Waals surface area contributed by atoms with Crippen molar-refractivity contribution in [3.05, 3.63) is 62.9 Å². The monoisotopic (exact) mass is 448 g/mol. The number of rotatable bonds is 4. The number of hydrogen-bond donors (Lipinski definition) is 1. The van der Waals surface area contributed by atoms with Gasteiger partial charge in [0.15, 0.2) is 5.60 Å². The number of pyridine rings is 2. The molecule has 2 aliphatic heterocycles. The third kappa shape index (κ3) is 3.06. The van der Waals surface area contributed by atoms with Crippen LogP contribution in [0.1, 0.15) is 35.6 Å². The van der Waals surface area contributed by atoms with Crippen molar-refractivity contribution in [3.63, 3.8) is 0 Å². The van der Waals surface area contributed by atoms with Crippen LogP contribution in [0, 0.1) is 0 Å². The fourth-order valence-corrected chi connectivity index (χ4v) is 5.90. The first-order valence-electron chi connectivity index (χ1n) is 11.2. The highest BCUT2D eigenvalue weighted by molar-refractivity contribution is 6.76. The number of para-hydroxylation sites is 1. The highest BCUT2D eigenvalue weighted by atomic mass is 28.3. The molecule has 5 rings (SSSR count). The van der Waals surface area contributed by atoms with Crippen LogP contribution in [-0.2, 0) is 34.7 Å². The number of hydrogen-bond acceptors (Lipinski definition) is 5. The summed E-state index contributed by atoms with van der Waals surface area (Å²) in [7, 11) is -1.28. The molecule has 0 spiro atoms. The largest absolute Gasteiger partial charge is 0.458 e. The summed E-state index contributed by atoms with van der Waals surface area (Å²) in [5, 5.41) is 12.2. The predicted molar refractivity (Wildman–Crippen MR) is 126 cm³/mol. The third-order valence-corrected chi connectivity index (χ3v) is 8.59. The van der Waals surface area contributed by atoms with Gasteiger partial charge in [-0.25, -0.2) is 9.78 Å². The SMILES string of the molecule is CCC1(O)C(=O)OCc2c1cc1n(c2=O)Cc2c-1nc1ccccc1c2CC[Si](C)(C)C. The Morgan fingerprint density at radius 3 is 2.66 bits per heavy atom. The second-order valence-corrected chi connectivity index (χ2v) is 15.7. The van der Waals surface area contributed by atoms with Gasteiger partial charge in [-0.05, 0) is 30.5 Å². The summed E-state index contributed by atoms with van der Waals surface area (Å²) in [6.07, 6.45) is 1.09. The van der Waals surface area contributed by atoms with E-state index in [1.165, 1.54) is 5.56 Å². The molecular formula is C25H28N2O4Si. The van der Waals surface area contributed by atoms with Gasteiger partial charge in [0, 0.05) is 24.6 Å². The smallest absolute Gasteiger partial charge is 0.343 e. The van der Waals surface area contributed by atoms with Crippen LogP contribution in [0.25, 0.3) is 22.3 Å². The second-order valence-electron chi connectivity index (χ2n) is 10.1. The van der Waals surface area contributed by atoms with Crippen LogP contribution >= 0.6 is 0 Å². The zero-order valence-electron chi connectivity index (χ0n) is 19.0. The molecule has 0 saturated carbocycles. The Labute approximate surface area is 187 Å². The fourth-order valence-electron chi connectivity index (χ4n) is 4.90. The number of fused-ring (bicyclic) bond motifs is 5. The first kappa shape index (κ1) is 21.1. The second kappa shape index (κ2) is 7.12. The van der Waals surface area contributed by atoms with E-state index >= 15 is 0 Å². The minimum absolute atomic E-state index is 0.107. The highest BCUT2D eigenvalue weighted by Gasteiger charge is 2.45. The molecule has 166 valence electrons. The molecule has 2 aliphatic rings. The summed E-state index contributed by atoms with van der Waals surface area (Å²) in [6, 6.07) is 11.1. The number of carbonyl (C=O) groups excluding carboxylic acids is 1. The quantitative estimate of drug-likeness (QED) is 0.378. The number of cyclic esters (lactones) is 1. The number of esters is 1. The van der Waals surface area contributed by atoms with Crippen molar-refractivity contribution in [3.8, 4) is 11.4 Å². The van der Waals surface area contributed by atoms with Crippen molar-refractivity contribution in [2.75, 3.05) is 0 Å². The van der Waals surface area contributed by atoms with Crippen molar-refractivity contribution in [1.29, 1.82) is 0 Å². The molecule has 6 nitrogen and oxygen atoms in total. The maximum Gasteiger partial charge on any atom is 0.343 e. The van der Waals surface area contributed by atoms with Gasteiger partial charge in [0.2, 0.25) is 0 Å². The summed E-state index contributed by atoms with van der Waals surface area (Å²) in [6.45, 7) is 9.17. The lowest BCUT2D eigenvalue weighted by atomic mass is 9.86. The average Bonchev–Trinajstić information content (AvgIpc) is 3.12. The average molecular weight is 449 g/mol. The Balaban J connectivity index is 1.76. The van der Waals surface area contributed by atoms with E-state index in [4.69, 9.17) is 9.72 Å². The van der Waals surface area contributed by atoms with E-state index in [0.29, 0.717) is 23.4 Å². The lowest BCUT2D eigenvalue weighted by Gasteiger charge is -2.31. The maximum absolute atomic E-state index is 13.4. The number of benzene rings is 1. The van der Waals surface area contributed by atoms with Gasteiger partial charge in [-0.2, -0.15) is 0 Å². The maximum atomic E-state index is 13.4. The molecule has 0 fully saturated rings. The molecule has 4 heterocycles. The Morgan fingerprint density at radius 1 is 1.19 bits per heavy atom. The first-order valence-corrected chi connectivity index (χ1v) is 14.9. The highest BCUT2D eigenvalue weighted by Crippen LogP contribution is 2.40. The molecule has 3 aromatic rings. The molecule has 7 heteroatoms. The summed E-state index contributed by atoms with van der Waals surface area (Å²) in [5.41, 5.74) is 3.40. The molecule has 32 heavy (non-hydrogen) atoms. The van der Waals surface area contributed by atoms with Crippen LogP contribution < -0.4 is 5.56 Å². The molecule has 1 unspecified atom stereocenters. The topological polar surface area (TPSA) is 81.4 Å². The van der Waals surface area contributed by atoms with Gasteiger partial charge in [0.05, 0.1) is 29.0 Å². The van der Waals surface area contributed by atoms with E-state index < -0.39 is 19.6 Å². The zero-order chi connectivity index (χ0) is 22.8. The van der Waals surface area contributed by atoms with Crippen molar-refractivity contribution in [1.82, 2.24) is 9.55 Å². The Morgan fingerprint density at radius 2 is 1.94 bits per heavy atom. The number of aryl methyl sites for hydroxylation is 1. The normalized spacial score (nSPS) is 19.5. The minimum Gasteiger partial charge on any atom is -0.458 e. The van der Waals surface area contributed by atoms with Gasteiger partial charge in [-0.1, -0.05) is 50.8 Å². The van der Waals surface area contributed by atoms with Crippen molar-refractivity contribution < 1.29 is 14.6 Å². The lowest BCUT2D eigenvalue weighted by Crippen LogP contribution is -2.44. The van der Waals surface area contributed by atoms with Gasteiger partial charge in [0.1, 0.15) is 6.61 Å². The number of aliphatic hydroxyl groups is 1. The van der Waals surface area contributed by atoms with Gasteiger partial charge >= 0.3 is 5.97 Å². The number of aromatic nitrogens is 2. The number of nitrogens with zero attached hydrogens (tertiary/aromatic N) is 2. The Hall–Kier alpha value is -2.77. The Bertz CT molecular complexity index is 1340. The van der Waals surface area contributed by atoms with Crippen LogP contribution in [0.15, 0.2) is 35.1 Å². The van der Waals surface area contributed by atoms with Gasteiger partial charge in [-0.15, -0.1) is 0 Å². The zero-order valence-corrected chi connectivity index (χ0v) is 20.0. The van der Waals surface area contributed by atoms with E-state index in [9.17, 15) is 14.7 Å². The van der Waals surface area contributed by atoms with E-state index in [1.54, 1.807) is 17.6 Å². The molecular weight excluding hydrogens is 420 g/mol. The standard InChI is InChI=1S/C25H28N2O4Si/c1-5-25(30)19-12-21-22-17(13-27(21)23(28)18(19)14-31-24(25)29)15(10-11-32(2,3)4)16-8-6-7-9-20(16)26-22/h6-9,12,30H,5,10-11,13-14H2,1-4H3. The van der Waals surface area contributed by atoms with Gasteiger partial charge in [-0.3, -0.25) is 4.79 Å². The molecule has 1 aromatic carbocycles. The lowest BCUT2D eigenvalue weighted by molar-refractivity contribution is -0.172. The molecule has 1 N–H and O–H groups in total. The third-order valence-electron chi connectivity index (χ3n) is 6.84. The molecule has 0 saturated heterocycles. The molecule has 0 bridgehead atoms. The van der Waals surface area contributed by atoms with Crippen LogP contribution in [0.2, 0.25) is 25.7 Å². The van der Waals surface area contributed by atoms with E-state index in [2.05, 4.69) is 25.7 Å². The molecule has 0 amide bonds. The van der Waals surface area contributed by atoms with Crippen molar-refractivity contribution in [2.45, 2.75) is 64.2 Å². The van der Waals surface area contributed by atoms with Crippen LogP contribution in [0.4, 0.5) is 0 Å². The minimum atomic E-state index is -1.80. The van der Waals surface area contributed by atoms with Gasteiger partial charge < -0.3 is 14.4 Å². The predicted octanol–water partition coefficient (Wildman–Crippen LogP) is 3.96. The van der Waals surface area contributed by atoms with E-state index in [0.717, 1.165) is 34.6 Å². The number of carbonyl (C=O) groups is 1.